The van der Waals surface area contributed by atoms with E-state index in [1.165, 1.54) is 21.8 Å². The predicted octanol–water partition coefficient (Wildman–Crippen LogP) is 14.9. The van der Waals surface area contributed by atoms with Crippen LogP contribution in [-0.4, -0.2) is 4.57 Å². The van der Waals surface area contributed by atoms with Crippen LogP contribution in [0.5, 0.6) is 0 Å². The Morgan fingerprint density at radius 1 is 0.393 bits per heavy atom. The summed E-state index contributed by atoms with van der Waals surface area (Å²) < 4.78 is 15.4. The molecule has 0 aliphatic rings. The molecular weight excluding hydrogens is 685 g/mol. The van der Waals surface area contributed by atoms with Gasteiger partial charge in [0.1, 0.15) is 22.3 Å². The van der Waals surface area contributed by atoms with Crippen LogP contribution in [0.25, 0.3) is 93.3 Å². The van der Waals surface area contributed by atoms with Crippen LogP contribution < -0.4 is 4.90 Å². The van der Waals surface area contributed by atoms with Gasteiger partial charge in [-0.2, -0.15) is 0 Å². The van der Waals surface area contributed by atoms with Gasteiger partial charge in [-0.1, -0.05) is 121 Å². The van der Waals surface area contributed by atoms with E-state index in [9.17, 15) is 0 Å². The van der Waals surface area contributed by atoms with E-state index in [-0.39, 0.29) is 0 Å². The summed E-state index contributed by atoms with van der Waals surface area (Å²) in [5.74, 6) is 0. The number of anilines is 3. The fraction of sp³-hybridized carbons (Fsp3) is 0. The Labute approximate surface area is 321 Å². The zero-order chi connectivity index (χ0) is 36.7. The molecule has 0 aliphatic carbocycles. The predicted molar refractivity (Wildman–Crippen MR) is 233 cm³/mol. The van der Waals surface area contributed by atoms with E-state index in [1.807, 2.05) is 12.1 Å². The number of hydrogen-bond donors (Lipinski definition) is 0. The van der Waals surface area contributed by atoms with E-state index >= 15 is 0 Å². The molecule has 0 N–H and O–H groups in total. The van der Waals surface area contributed by atoms with Crippen molar-refractivity contribution in [2.24, 2.45) is 0 Å². The van der Waals surface area contributed by atoms with Crippen LogP contribution in [0.1, 0.15) is 0 Å². The van der Waals surface area contributed by atoms with E-state index in [0.717, 1.165) is 88.5 Å². The molecule has 262 valence electrons. The van der Waals surface area contributed by atoms with Gasteiger partial charge in [-0.05, 0) is 89.3 Å². The second kappa shape index (κ2) is 12.0. The summed E-state index contributed by atoms with van der Waals surface area (Å²) in [6.45, 7) is 0. The highest BCUT2D eigenvalue weighted by molar-refractivity contribution is 6.20. The van der Waals surface area contributed by atoms with Crippen LogP contribution >= 0.6 is 0 Å². The van der Waals surface area contributed by atoms with Crippen LogP contribution in [-0.2, 0) is 0 Å². The molecule has 0 unspecified atom stereocenters. The van der Waals surface area contributed by atoms with Crippen molar-refractivity contribution in [3.63, 3.8) is 0 Å². The Morgan fingerprint density at radius 2 is 1.04 bits per heavy atom. The minimum Gasteiger partial charge on any atom is -0.456 e. The molecule has 0 aliphatic heterocycles. The lowest BCUT2D eigenvalue weighted by Crippen LogP contribution is -2.11. The number of furan rings is 2. The van der Waals surface area contributed by atoms with E-state index in [1.54, 1.807) is 0 Å². The molecule has 0 radical (unpaired) electrons. The van der Waals surface area contributed by atoms with E-state index < -0.39 is 0 Å². The number of benzene rings is 9. The first-order valence-corrected chi connectivity index (χ1v) is 19.0. The average molecular weight is 717 g/mol. The van der Waals surface area contributed by atoms with Crippen molar-refractivity contribution in [3.05, 3.63) is 194 Å². The van der Waals surface area contributed by atoms with E-state index in [0.29, 0.717) is 0 Å². The van der Waals surface area contributed by atoms with Gasteiger partial charge < -0.3 is 18.3 Å². The fourth-order valence-electron chi connectivity index (χ4n) is 8.93. The van der Waals surface area contributed by atoms with Gasteiger partial charge in [-0.3, -0.25) is 0 Å². The second-order valence-corrected chi connectivity index (χ2v) is 14.5. The summed E-state index contributed by atoms with van der Waals surface area (Å²) in [5, 5.41) is 9.17. The molecular formula is C52H32N2O2. The molecule has 12 rings (SSSR count). The van der Waals surface area contributed by atoms with Crippen LogP contribution in [0.2, 0.25) is 0 Å². The molecule has 3 aromatic heterocycles. The summed E-state index contributed by atoms with van der Waals surface area (Å²) in [6, 6.07) is 69.0. The van der Waals surface area contributed by atoms with E-state index in [4.69, 9.17) is 8.83 Å². The van der Waals surface area contributed by atoms with Gasteiger partial charge in [0.15, 0.2) is 0 Å². The van der Waals surface area contributed by atoms with Gasteiger partial charge in [0.25, 0.3) is 0 Å². The third-order valence-corrected chi connectivity index (χ3v) is 11.4. The van der Waals surface area contributed by atoms with E-state index in [2.05, 4.69) is 191 Å². The summed E-state index contributed by atoms with van der Waals surface area (Å²) in [4.78, 5) is 2.38. The van der Waals surface area contributed by atoms with Gasteiger partial charge in [0, 0.05) is 49.4 Å². The van der Waals surface area contributed by atoms with Gasteiger partial charge >= 0.3 is 0 Å². The number of fused-ring (bicyclic) bond motifs is 11. The number of rotatable bonds is 5. The molecule has 0 bridgehead atoms. The van der Waals surface area contributed by atoms with Crippen molar-refractivity contribution in [3.8, 4) is 16.8 Å². The molecule has 0 saturated carbocycles. The largest absolute Gasteiger partial charge is 0.456 e. The molecule has 3 heterocycles. The van der Waals surface area contributed by atoms with Gasteiger partial charge in [-0.15, -0.1) is 0 Å². The first-order valence-electron chi connectivity index (χ1n) is 19.0. The van der Waals surface area contributed by atoms with Crippen molar-refractivity contribution in [2.45, 2.75) is 0 Å². The first kappa shape index (κ1) is 30.9. The number of aromatic nitrogens is 1. The van der Waals surface area contributed by atoms with Crippen LogP contribution in [0.15, 0.2) is 203 Å². The third kappa shape index (κ3) is 4.53. The lowest BCUT2D eigenvalue weighted by atomic mass is 9.99. The molecule has 4 nitrogen and oxygen atoms in total. The van der Waals surface area contributed by atoms with Crippen molar-refractivity contribution in [1.82, 2.24) is 4.57 Å². The molecule has 4 heteroatoms. The number of nitrogens with zero attached hydrogens (tertiary/aromatic N) is 2. The molecule has 0 spiro atoms. The molecule has 12 aromatic rings. The number of para-hydroxylation sites is 3. The molecule has 0 amide bonds. The minimum atomic E-state index is 0.854. The molecule has 0 atom stereocenters. The normalized spacial score (nSPS) is 11.9. The summed E-state index contributed by atoms with van der Waals surface area (Å²) in [6.07, 6.45) is 0. The topological polar surface area (TPSA) is 34.5 Å². The highest BCUT2D eigenvalue weighted by atomic mass is 16.3. The Bertz CT molecular complexity index is 3440. The SMILES string of the molecule is c1cc(N(c2ccc(-c3cccc4oc5ccccc5c34)cc2)c2cccc3oc4c5ccccc5ccc4c23)cc(-n2c3ccccc3c3ccccc32)c1. The fourth-order valence-corrected chi connectivity index (χ4v) is 8.93. The summed E-state index contributed by atoms with van der Waals surface area (Å²) in [5.41, 5.74) is 12.4. The van der Waals surface area contributed by atoms with Gasteiger partial charge in [-0.25, -0.2) is 0 Å². The average Bonchev–Trinajstić information content (AvgIpc) is 3.94. The van der Waals surface area contributed by atoms with Crippen molar-refractivity contribution < 1.29 is 8.83 Å². The zero-order valence-electron chi connectivity index (χ0n) is 30.2. The first-order chi connectivity index (χ1) is 27.8. The Balaban J connectivity index is 1.09. The Hall–Kier alpha value is -7.56. The molecule has 9 aromatic carbocycles. The van der Waals surface area contributed by atoms with Crippen LogP contribution in [0, 0.1) is 0 Å². The maximum absolute atomic E-state index is 6.71. The monoisotopic (exact) mass is 716 g/mol. The highest BCUT2D eigenvalue weighted by Crippen LogP contribution is 2.46. The molecule has 0 saturated heterocycles. The smallest absolute Gasteiger partial charge is 0.143 e. The minimum absolute atomic E-state index is 0.854. The van der Waals surface area contributed by atoms with Crippen molar-refractivity contribution in [1.29, 1.82) is 0 Å². The second-order valence-electron chi connectivity index (χ2n) is 14.5. The maximum Gasteiger partial charge on any atom is 0.143 e. The Morgan fingerprint density at radius 3 is 1.84 bits per heavy atom. The van der Waals surface area contributed by atoms with Crippen molar-refractivity contribution in [2.75, 3.05) is 4.90 Å². The lowest BCUT2D eigenvalue weighted by molar-refractivity contribution is 0.669. The highest BCUT2D eigenvalue weighted by Gasteiger charge is 2.22. The van der Waals surface area contributed by atoms with Crippen LogP contribution in [0.3, 0.4) is 0 Å². The summed E-state index contributed by atoms with van der Waals surface area (Å²) >= 11 is 0. The quantitative estimate of drug-likeness (QED) is 0.178. The van der Waals surface area contributed by atoms with Gasteiger partial charge in [0.2, 0.25) is 0 Å². The standard InChI is InChI=1S/C52H32N2O2/c1-2-15-39-33(12-1)28-31-43-51-46(22-11-25-49(51)56-52(39)43)53(35-29-26-34(27-30-35)38-19-10-24-48-50(38)42-18-5-8-23-47(42)55-48)36-13-9-14-37(32-36)54-44-20-6-3-16-40(44)41-17-4-7-21-45(41)54/h1-32H. The van der Waals surface area contributed by atoms with Crippen LogP contribution in [0.4, 0.5) is 17.1 Å². The summed E-state index contributed by atoms with van der Waals surface area (Å²) in [7, 11) is 0. The zero-order valence-corrected chi connectivity index (χ0v) is 30.2. The van der Waals surface area contributed by atoms with Gasteiger partial charge in [0.05, 0.1) is 22.1 Å². The maximum atomic E-state index is 6.71. The number of hydrogen-bond acceptors (Lipinski definition) is 3. The molecule has 0 fully saturated rings. The Kier molecular flexibility index (Phi) is 6.60. The molecule has 56 heavy (non-hydrogen) atoms. The lowest BCUT2D eigenvalue weighted by Gasteiger charge is -2.27. The van der Waals surface area contributed by atoms with Crippen molar-refractivity contribution >= 4 is 93.5 Å². The third-order valence-electron chi connectivity index (χ3n) is 11.4.